The van der Waals surface area contributed by atoms with Crippen molar-refractivity contribution in [2.45, 2.75) is 45.9 Å². The van der Waals surface area contributed by atoms with Gasteiger partial charge in [-0.25, -0.2) is 4.79 Å². The minimum atomic E-state index is -0.457. The highest BCUT2D eigenvalue weighted by molar-refractivity contribution is 5.68. The highest BCUT2D eigenvalue weighted by Crippen LogP contribution is 2.06. The largest absolute Gasteiger partial charge is 0.444 e. The van der Waals surface area contributed by atoms with Crippen molar-refractivity contribution in [3.63, 3.8) is 0 Å². The first-order chi connectivity index (χ1) is 8.87. The molecule has 2 N–H and O–H groups in total. The maximum Gasteiger partial charge on any atom is 0.407 e. The third-order valence-corrected chi connectivity index (χ3v) is 2.39. The molecule has 4 heteroatoms. The van der Waals surface area contributed by atoms with Gasteiger partial charge in [-0.1, -0.05) is 30.3 Å². The molecule has 0 heterocycles. The summed E-state index contributed by atoms with van der Waals surface area (Å²) in [5.41, 5.74) is 0.772. The molecule has 0 aliphatic rings. The molecule has 1 aromatic carbocycles. The standard InChI is InChI=1S/C15H24N2O2/c1-12(17-14(18)19-15(2,3)4)10-16-11-13-8-6-5-7-9-13/h5-9,12,16H,10-11H2,1-4H3,(H,17,18)/t12-/m1/s1. The van der Waals surface area contributed by atoms with Gasteiger partial charge in [0.15, 0.2) is 0 Å². The number of rotatable bonds is 5. The van der Waals surface area contributed by atoms with Crippen LogP contribution in [0.15, 0.2) is 30.3 Å². The number of alkyl carbamates (subject to hydrolysis) is 1. The molecule has 106 valence electrons. The normalized spacial score (nSPS) is 12.8. The van der Waals surface area contributed by atoms with Crippen LogP contribution < -0.4 is 10.6 Å². The average Bonchev–Trinajstić information content (AvgIpc) is 2.27. The number of carbonyl (C=O) groups excluding carboxylic acids is 1. The topological polar surface area (TPSA) is 50.4 Å². The zero-order valence-corrected chi connectivity index (χ0v) is 12.2. The first-order valence-corrected chi connectivity index (χ1v) is 6.61. The Morgan fingerprint density at radius 3 is 2.47 bits per heavy atom. The van der Waals surface area contributed by atoms with E-state index < -0.39 is 5.60 Å². The molecular weight excluding hydrogens is 240 g/mol. The monoisotopic (exact) mass is 264 g/mol. The molecule has 0 aliphatic heterocycles. The molecule has 0 bridgehead atoms. The number of hydrogen-bond acceptors (Lipinski definition) is 3. The fraction of sp³-hybridized carbons (Fsp3) is 0.533. The van der Waals surface area contributed by atoms with Gasteiger partial charge in [0.25, 0.3) is 0 Å². The van der Waals surface area contributed by atoms with Gasteiger partial charge in [0.05, 0.1) is 0 Å². The lowest BCUT2D eigenvalue weighted by Crippen LogP contribution is -2.42. The molecule has 0 saturated carbocycles. The van der Waals surface area contributed by atoms with Gasteiger partial charge >= 0.3 is 6.09 Å². The van der Waals surface area contributed by atoms with Crippen LogP contribution in [0.25, 0.3) is 0 Å². The van der Waals surface area contributed by atoms with Crippen LogP contribution in [0, 0.1) is 0 Å². The van der Waals surface area contributed by atoms with Crippen molar-refractivity contribution in [1.82, 2.24) is 10.6 Å². The molecule has 1 aromatic rings. The lowest BCUT2D eigenvalue weighted by molar-refractivity contribution is 0.0508. The smallest absolute Gasteiger partial charge is 0.407 e. The van der Waals surface area contributed by atoms with Gasteiger partial charge in [-0.3, -0.25) is 0 Å². The number of hydrogen-bond donors (Lipinski definition) is 2. The van der Waals surface area contributed by atoms with Crippen molar-refractivity contribution >= 4 is 6.09 Å². The van der Waals surface area contributed by atoms with E-state index in [0.717, 1.165) is 6.54 Å². The highest BCUT2D eigenvalue weighted by atomic mass is 16.6. The molecule has 19 heavy (non-hydrogen) atoms. The quantitative estimate of drug-likeness (QED) is 0.859. The van der Waals surface area contributed by atoms with Crippen LogP contribution in [0.3, 0.4) is 0 Å². The van der Waals surface area contributed by atoms with Crippen LogP contribution in [0.4, 0.5) is 4.79 Å². The van der Waals surface area contributed by atoms with E-state index in [9.17, 15) is 4.79 Å². The summed E-state index contributed by atoms with van der Waals surface area (Å²) in [6.07, 6.45) is -0.374. The fourth-order valence-corrected chi connectivity index (χ4v) is 1.59. The van der Waals surface area contributed by atoms with Crippen LogP contribution in [-0.2, 0) is 11.3 Å². The van der Waals surface area contributed by atoms with Gasteiger partial charge in [0, 0.05) is 19.1 Å². The van der Waals surface area contributed by atoms with E-state index in [-0.39, 0.29) is 12.1 Å². The lowest BCUT2D eigenvalue weighted by atomic mass is 10.2. The third-order valence-electron chi connectivity index (χ3n) is 2.39. The van der Waals surface area contributed by atoms with E-state index in [0.29, 0.717) is 6.54 Å². The molecule has 0 spiro atoms. The van der Waals surface area contributed by atoms with E-state index in [1.54, 1.807) is 0 Å². The Kier molecular flexibility index (Phi) is 5.83. The molecule has 0 aromatic heterocycles. The molecular formula is C15H24N2O2. The van der Waals surface area contributed by atoms with Gasteiger partial charge in [-0.2, -0.15) is 0 Å². The second-order valence-electron chi connectivity index (χ2n) is 5.66. The van der Waals surface area contributed by atoms with Gasteiger partial charge in [0.2, 0.25) is 0 Å². The summed E-state index contributed by atoms with van der Waals surface area (Å²) in [5.74, 6) is 0. The maximum absolute atomic E-state index is 11.5. The number of amides is 1. The van der Waals surface area contributed by atoms with E-state index >= 15 is 0 Å². The zero-order valence-electron chi connectivity index (χ0n) is 12.2. The second kappa shape index (κ2) is 7.14. The van der Waals surface area contributed by atoms with Gasteiger partial charge in [-0.15, -0.1) is 0 Å². The van der Waals surface area contributed by atoms with Crippen molar-refractivity contribution < 1.29 is 9.53 Å². The van der Waals surface area contributed by atoms with Crippen LogP contribution in [-0.4, -0.2) is 24.3 Å². The number of carbonyl (C=O) groups is 1. The van der Waals surface area contributed by atoms with Crippen LogP contribution in [0.1, 0.15) is 33.3 Å². The Labute approximate surface area is 115 Å². The molecule has 0 unspecified atom stereocenters. The predicted molar refractivity (Wildman–Crippen MR) is 77.0 cm³/mol. The van der Waals surface area contributed by atoms with Crippen molar-refractivity contribution in [1.29, 1.82) is 0 Å². The van der Waals surface area contributed by atoms with E-state index in [4.69, 9.17) is 4.74 Å². The highest BCUT2D eigenvalue weighted by Gasteiger charge is 2.17. The molecule has 0 fully saturated rings. The van der Waals surface area contributed by atoms with Gasteiger partial charge in [-0.05, 0) is 33.3 Å². The van der Waals surface area contributed by atoms with E-state index in [2.05, 4.69) is 22.8 Å². The molecule has 0 aliphatic carbocycles. The zero-order chi connectivity index (χ0) is 14.3. The van der Waals surface area contributed by atoms with E-state index in [1.807, 2.05) is 45.9 Å². The maximum atomic E-state index is 11.5. The summed E-state index contributed by atoms with van der Waals surface area (Å²) in [4.78, 5) is 11.5. The Hall–Kier alpha value is -1.55. The van der Waals surface area contributed by atoms with Crippen molar-refractivity contribution in [3.05, 3.63) is 35.9 Å². The number of benzene rings is 1. The number of nitrogens with one attached hydrogen (secondary N) is 2. The summed E-state index contributed by atoms with van der Waals surface area (Å²) < 4.78 is 5.20. The summed E-state index contributed by atoms with van der Waals surface area (Å²) in [6.45, 7) is 9.00. The molecule has 1 rings (SSSR count). The fourth-order valence-electron chi connectivity index (χ4n) is 1.59. The summed E-state index contributed by atoms with van der Waals surface area (Å²) >= 11 is 0. The summed E-state index contributed by atoms with van der Waals surface area (Å²) in [6, 6.07) is 10.2. The minimum absolute atomic E-state index is 0.0264. The Bertz CT molecular complexity index is 385. The SMILES string of the molecule is C[C@H](CNCc1ccccc1)NC(=O)OC(C)(C)C. The Balaban J connectivity index is 2.21. The van der Waals surface area contributed by atoms with Crippen molar-refractivity contribution in [2.75, 3.05) is 6.54 Å². The molecule has 0 radical (unpaired) electrons. The molecule has 4 nitrogen and oxygen atoms in total. The van der Waals surface area contributed by atoms with Crippen molar-refractivity contribution in [3.8, 4) is 0 Å². The van der Waals surface area contributed by atoms with Crippen LogP contribution in [0.2, 0.25) is 0 Å². The Morgan fingerprint density at radius 1 is 1.26 bits per heavy atom. The van der Waals surface area contributed by atoms with Crippen LogP contribution >= 0.6 is 0 Å². The second-order valence-corrected chi connectivity index (χ2v) is 5.66. The average molecular weight is 264 g/mol. The molecule has 1 atom stereocenters. The minimum Gasteiger partial charge on any atom is -0.444 e. The van der Waals surface area contributed by atoms with E-state index in [1.165, 1.54) is 5.56 Å². The molecule has 0 saturated heterocycles. The molecule has 1 amide bonds. The third kappa shape index (κ3) is 7.47. The predicted octanol–water partition coefficient (Wildman–Crippen LogP) is 2.69. The van der Waals surface area contributed by atoms with Gasteiger partial charge in [0.1, 0.15) is 5.60 Å². The van der Waals surface area contributed by atoms with Crippen molar-refractivity contribution in [2.24, 2.45) is 0 Å². The summed E-state index contributed by atoms with van der Waals surface area (Å²) in [5, 5.41) is 6.10. The Morgan fingerprint density at radius 2 is 1.89 bits per heavy atom. The lowest BCUT2D eigenvalue weighted by Gasteiger charge is -2.22. The first kappa shape index (κ1) is 15.5. The van der Waals surface area contributed by atoms with Crippen LogP contribution in [0.5, 0.6) is 0 Å². The first-order valence-electron chi connectivity index (χ1n) is 6.61. The number of ether oxygens (including phenoxy) is 1. The van der Waals surface area contributed by atoms with Gasteiger partial charge < -0.3 is 15.4 Å². The summed E-state index contributed by atoms with van der Waals surface area (Å²) in [7, 11) is 0.